The van der Waals surface area contributed by atoms with Crippen molar-refractivity contribution in [2.75, 3.05) is 33.7 Å². The average molecular weight is 557 g/mol. The Hall–Kier alpha value is -1.65. The molecule has 0 aromatic rings. The molecular formula is C23H36IN5O3. The molecule has 3 amide bonds. The lowest BCUT2D eigenvalue weighted by Crippen LogP contribution is -2.49. The smallest absolute Gasteiger partial charge is 0.243 e. The van der Waals surface area contributed by atoms with E-state index in [1.807, 2.05) is 0 Å². The first kappa shape index (κ1) is 25.0. The number of imide groups is 1. The molecule has 6 atom stereocenters. The predicted molar refractivity (Wildman–Crippen MR) is 133 cm³/mol. The molecule has 1 heterocycles. The van der Waals surface area contributed by atoms with E-state index in [2.05, 4.69) is 34.7 Å². The van der Waals surface area contributed by atoms with Gasteiger partial charge in [-0.3, -0.25) is 19.3 Å². The van der Waals surface area contributed by atoms with Gasteiger partial charge in [-0.2, -0.15) is 0 Å². The second kappa shape index (κ2) is 10.5. The van der Waals surface area contributed by atoms with E-state index < -0.39 is 0 Å². The third-order valence-corrected chi connectivity index (χ3v) is 7.49. The molecule has 1 saturated heterocycles. The number of amides is 3. The highest BCUT2D eigenvalue weighted by Crippen LogP contribution is 2.52. The van der Waals surface area contributed by atoms with Gasteiger partial charge in [0, 0.05) is 33.2 Å². The summed E-state index contributed by atoms with van der Waals surface area (Å²) in [5.74, 6) is 1.14. The largest absolute Gasteiger partial charge is 0.355 e. The number of halogens is 1. The average Bonchev–Trinajstić information content (AvgIpc) is 3.42. The predicted octanol–water partition coefficient (Wildman–Crippen LogP) is 1.61. The van der Waals surface area contributed by atoms with Crippen LogP contribution in [-0.2, 0) is 14.4 Å². The van der Waals surface area contributed by atoms with Crippen molar-refractivity contribution in [2.24, 2.45) is 34.6 Å². The Morgan fingerprint density at radius 3 is 2.34 bits per heavy atom. The van der Waals surface area contributed by atoms with Gasteiger partial charge in [0.15, 0.2) is 5.96 Å². The molecule has 6 unspecified atom stereocenters. The highest BCUT2D eigenvalue weighted by atomic mass is 127. The maximum absolute atomic E-state index is 12.9. The Morgan fingerprint density at radius 2 is 1.75 bits per heavy atom. The molecule has 178 valence electrons. The number of carbonyl (C=O) groups excluding carboxylic acids is 3. The number of hydrogen-bond acceptors (Lipinski definition) is 4. The molecule has 0 aromatic carbocycles. The van der Waals surface area contributed by atoms with Gasteiger partial charge in [0.2, 0.25) is 17.7 Å². The third-order valence-electron chi connectivity index (χ3n) is 7.49. The molecule has 4 aliphatic rings. The van der Waals surface area contributed by atoms with E-state index in [0.717, 1.165) is 12.8 Å². The summed E-state index contributed by atoms with van der Waals surface area (Å²) in [7, 11) is 3.43. The highest BCUT2D eigenvalue weighted by Gasteiger charge is 2.58. The van der Waals surface area contributed by atoms with Crippen molar-refractivity contribution in [3.63, 3.8) is 0 Å². The maximum atomic E-state index is 12.9. The first-order valence-corrected chi connectivity index (χ1v) is 11.7. The second-order valence-electron chi connectivity index (χ2n) is 9.72. The number of nitrogens with zero attached hydrogens (tertiary/aromatic N) is 3. The highest BCUT2D eigenvalue weighted by molar-refractivity contribution is 14.0. The van der Waals surface area contributed by atoms with Crippen LogP contribution < -0.4 is 10.6 Å². The topological polar surface area (TPSA) is 94.1 Å². The van der Waals surface area contributed by atoms with E-state index in [9.17, 15) is 14.4 Å². The number of guanidine groups is 1. The summed E-state index contributed by atoms with van der Waals surface area (Å²) in [6, 6.07) is 0.311. The minimum Gasteiger partial charge on any atom is -0.355 e. The van der Waals surface area contributed by atoms with Gasteiger partial charge >= 0.3 is 0 Å². The minimum absolute atomic E-state index is 0. The van der Waals surface area contributed by atoms with E-state index in [1.54, 1.807) is 14.1 Å². The number of fused-ring (bicyclic) bond motifs is 5. The lowest BCUT2D eigenvalue weighted by Gasteiger charge is -2.31. The van der Waals surface area contributed by atoms with Crippen molar-refractivity contribution in [2.45, 2.75) is 45.1 Å². The SMILES string of the molecule is CC1CCCCC1NC(=NCC(=O)N(C)C)NCCN1C(=O)C2C3C=CC(C3)C2C1=O.I. The lowest BCUT2D eigenvalue weighted by molar-refractivity contribution is -0.140. The van der Waals surface area contributed by atoms with Crippen LogP contribution in [0, 0.1) is 29.6 Å². The number of carbonyl (C=O) groups is 3. The Kier molecular flexibility index (Phi) is 8.21. The monoisotopic (exact) mass is 557 g/mol. The standard InChI is InChI=1S/C23H35N5O3.HI/c1-14-6-4-5-7-17(14)26-23(25-13-18(29)27(2)3)24-10-11-28-21(30)19-15-8-9-16(12-15)20(19)22(28)31;/h8-9,14-17,19-20H,4-7,10-13H2,1-3H3,(H2,24,25,26);1H. The molecule has 4 rings (SSSR count). The summed E-state index contributed by atoms with van der Waals surface area (Å²) in [6.07, 6.45) is 9.85. The van der Waals surface area contributed by atoms with E-state index in [-0.39, 0.29) is 71.9 Å². The van der Waals surface area contributed by atoms with Crippen LogP contribution in [0.1, 0.15) is 39.0 Å². The van der Waals surface area contributed by atoms with E-state index in [1.165, 1.54) is 29.1 Å². The van der Waals surface area contributed by atoms with Gasteiger partial charge in [0.1, 0.15) is 6.54 Å². The van der Waals surface area contributed by atoms with Crippen LogP contribution >= 0.6 is 24.0 Å². The van der Waals surface area contributed by atoms with Crippen molar-refractivity contribution in [3.05, 3.63) is 12.2 Å². The number of likely N-dealkylation sites (tertiary alicyclic amines) is 1. The maximum Gasteiger partial charge on any atom is 0.243 e. The van der Waals surface area contributed by atoms with E-state index in [0.29, 0.717) is 31.0 Å². The zero-order valence-corrected chi connectivity index (χ0v) is 21.6. The molecule has 2 saturated carbocycles. The molecule has 32 heavy (non-hydrogen) atoms. The van der Waals surface area contributed by atoms with E-state index in [4.69, 9.17) is 0 Å². The fourth-order valence-corrected chi connectivity index (χ4v) is 5.62. The lowest BCUT2D eigenvalue weighted by atomic mass is 9.85. The van der Waals surface area contributed by atoms with Gasteiger partial charge in [-0.05, 0) is 37.0 Å². The first-order chi connectivity index (χ1) is 14.9. The van der Waals surface area contributed by atoms with Crippen molar-refractivity contribution >= 4 is 47.7 Å². The Bertz CT molecular complexity index is 769. The van der Waals surface area contributed by atoms with Gasteiger partial charge < -0.3 is 15.5 Å². The Balaban J connectivity index is 0.00000289. The fraction of sp³-hybridized carbons (Fsp3) is 0.739. The molecule has 2 bridgehead atoms. The quantitative estimate of drug-likeness (QED) is 0.170. The summed E-state index contributed by atoms with van der Waals surface area (Å²) in [6.45, 7) is 3.04. The van der Waals surface area contributed by atoms with Gasteiger partial charge in [0.05, 0.1) is 11.8 Å². The van der Waals surface area contributed by atoms with E-state index >= 15 is 0 Å². The zero-order valence-electron chi connectivity index (χ0n) is 19.3. The molecule has 8 nitrogen and oxygen atoms in total. The molecule has 0 radical (unpaired) electrons. The van der Waals surface area contributed by atoms with Crippen molar-refractivity contribution < 1.29 is 14.4 Å². The minimum atomic E-state index is -0.158. The summed E-state index contributed by atoms with van der Waals surface area (Å²) in [4.78, 5) is 45.2. The molecule has 2 N–H and O–H groups in total. The van der Waals surface area contributed by atoms with Crippen LogP contribution in [0.25, 0.3) is 0 Å². The number of hydrogen-bond donors (Lipinski definition) is 2. The van der Waals surface area contributed by atoms with Crippen molar-refractivity contribution in [1.82, 2.24) is 20.4 Å². The van der Waals surface area contributed by atoms with Crippen molar-refractivity contribution in [1.29, 1.82) is 0 Å². The first-order valence-electron chi connectivity index (χ1n) is 11.7. The summed E-state index contributed by atoms with van der Waals surface area (Å²) < 4.78 is 0. The van der Waals surface area contributed by atoms with Crippen LogP contribution in [0.4, 0.5) is 0 Å². The fourth-order valence-electron chi connectivity index (χ4n) is 5.62. The third kappa shape index (κ3) is 4.97. The Labute approximate surface area is 207 Å². The molecule has 1 aliphatic heterocycles. The molecule has 0 aromatic heterocycles. The van der Waals surface area contributed by atoms with Crippen LogP contribution in [0.2, 0.25) is 0 Å². The number of likely N-dealkylation sites (N-methyl/N-ethyl adjacent to an activating group) is 1. The van der Waals surface area contributed by atoms with Gasteiger partial charge in [-0.15, -0.1) is 24.0 Å². The zero-order chi connectivity index (χ0) is 22.1. The molecule has 3 fully saturated rings. The van der Waals surface area contributed by atoms with Crippen molar-refractivity contribution in [3.8, 4) is 0 Å². The summed E-state index contributed by atoms with van der Waals surface area (Å²) in [5, 5.41) is 6.74. The Morgan fingerprint density at radius 1 is 1.12 bits per heavy atom. The second-order valence-corrected chi connectivity index (χ2v) is 9.72. The molecule has 3 aliphatic carbocycles. The summed E-state index contributed by atoms with van der Waals surface area (Å²) in [5.41, 5.74) is 0. The number of nitrogens with one attached hydrogen (secondary N) is 2. The van der Waals surface area contributed by atoms with Gasteiger partial charge in [0.25, 0.3) is 0 Å². The number of aliphatic imine (C=N–C) groups is 1. The summed E-state index contributed by atoms with van der Waals surface area (Å²) >= 11 is 0. The van der Waals surface area contributed by atoms with Crippen LogP contribution in [0.5, 0.6) is 0 Å². The van der Waals surface area contributed by atoms with Crippen LogP contribution in [0.15, 0.2) is 17.1 Å². The number of rotatable bonds is 6. The van der Waals surface area contributed by atoms with Crippen LogP contribution in [0.3, 0.4) is 0 Å². The molecular weight excluding hydrogens is 521 g/mol. The van der Waals surface area contributed by atoms with Crippen LogP contribution in [-0.4, -0.2) is 73.3 Å². The normalized spacial score (nSPS) is 33.2. The van der Waals surface area contributed by atoms with Gasteiger partial charge in [-0.25, -0.2) is 4.99 Å². The number of allylic oxidation sites excluding steroid dienone is 2. The molecule has 0 spiro atoms. The molecule has 9 heteroatoms. The van der Waals surface area contributed by atoms with Gasteiger partial charge in [-0.1, -0.05) is 31.9 Å².